The highest BCUT2D eigenvalue weighted by Gasteiger charge is 2.31. The van der Waals surface area contributed by atoms with Gasteiger partial charge in [0.15, 0.2) is 11.6 Å². The quantitative estimate of drug-likeness (QED) is 0.677. The Hall–Kier alpha value is -2.51. The summed E-state index contributed by atoms with van der Waals surface area (Å²) in [5.41, 5.74) is 1.56. The third-order valence-electron chi connectivity index (χ3n) is 5.35. The summed E-state index contributed by atoms with van der Waals surface area (Å²) in [5, 5.41) is 3.01. The molecule has 7 heteroatoms. The number of nitrogens with zero attached hydrogens (tertiary/aromatic N) is 1. The molecule has 1 fully saturated rings. The van der Waals surface area contributed by atoms with Gasteiger partial charge in [-0.2, -0.15) is 4.31 Å². The summed E-state index contributed by atoms with van der Waals surface area (Å²) in [6.45, 7) is 6.61. The second-order valence-electron chi connectivity index (χ2n) is 8.21. The van der Waals surface area contributed by atoms with Crippen LogP contribution < -0.4 is 5.32 Å². The Morgan fingerprint density at radius 1 is 1.00 bits per heavy atom. The summed E-state index contributed by atoms with van der Waals surface area (Å²) in [5.74, 6) is 0.344. The summed E-state index contributed by atoms with van der Waals surface area (Å²) < 4.78 is 27.7. The molecule has 1 N–H and O–H groups in total. The van der Waals surface area contributed by atoms with Crippen LogP contribution in [0.25, 0.3) is 0 Å². The molecule has 0 amide bonds. The summed E-state index contributed by atoms with van der Waals surface area (Å²) in [4.78, 5) is 24.3. The van der Waals surface area contributed by atoms with Gasteiger partial charge in [0.05, 0.1) is 11.4 Å². The second kappa shape index (κ2) is 9.10. The normalized spacial score (nSPS) is 20.0. The standard InChI is InChI=1S/C23H28N2O4S/c1-16-10-17(2)15-25(14-16)30(28,29)22-9-5-7-20(12-22)23(27)13-24-21-8-4-6-19(11-21)18(3)26/h4-9,11-12,16-17,24H,10,13-15H2,1-3H3. The lowest BCUT2D eigenvalue weighted by atomic mass is 9.94. The summed E-state index contributed by atoms with van der Waals surface area (Å²) in [7, 11) is -3.64. The van der Waals surface area contributed by atoms with Crippen molar-refractivity contribution >= 4 is 27.3 Å². The van der Waals surface area contributed by atoms with Crippen LogP contribution >= 0.6 is 0 Å². The van der Waals surface area contributed by atoms with Crippen molar-refractivity contribution in [2.45, 2.75) is 32.1 Å². The lowest BCUT2D eigenvalue weighted by Crippen LogP contribution is -2.42. The van der Waals surface area contributed by atoms with Crippen LogP contribution in [-0.4, -0.2) is 43.9 Å². The van der Waals surface area contributed by atoms with E-state index in [9.17, 15) is 18.0 Å². The fraction of sp³-hybridized carbons (Fsp3) is 0.391. The van der Waals surface area contributed by atoms with Crippen LogP contribution in [0, 0.1) is 11.8 Å². The number of carbonyl (C=O) groups excluding carboxylic acids is 2. The Morgan fingerprint density at radius 2 is 1.63 bits per heavy atom. The zero-order valence-corrected chi connectivity index (χ0v) is 18.4. The number of ketones is 2. The number of Topliss-reactive ketones (excluding diaryl/α,β-unsaturated/α-hetero) is 2. The van der Waals surface area contributed by atoms with Gasteiger partial charge in [0.2, 0.25) is 10.0 Å². The molecule has 0 spiro atoms. The molecule has 6 nitrogen and oxygen atoms in total. The molecule has 1 saturated heterocycles. The second-order valence-corrected chi connectivity index (χ2v) is 10.1. The number of benzene rings is 2. The molecule has 0 aliphatic carbocycles. The Kier molecular flexibility index (Phi) is 6.73. The van der Waals surface area contributed by atoms with Crippen LogP contribution in [0.2, 0.25) is 0 Å². The van der Waals surface area contributed by atoms with Gasteiger partial charge in [0.25, 0.3) is 0 Å². The minimum absolute atomic E-state index is 0.00262. The van der Waals surface area contributed by atoms with Gasteiger partial charge in [0.1, 0.15) is 0 Å². The summed E-state index contributed by atoms with van der Waals surface area (Å²) in [6, 6.07) is 13.1. The lowest BCUT2D eigenvalue weighted by Gasteiger charge is -2.34. The van der Waals surface area contributed by atoms with E-state index in [4.69, 9.17) is 0 Å². The molecule has 160 valence electrons. The summed E-state index contributed by atoms with van der Waals surface area (Å²) in [6.07, 6.45) is 1.01. The Morgan fingerprint density at radius 3 is 2.30 bits per heavy atom. The minimum Gasteiger partial charge on any atom is -0.378 e. The van der Waals surface area contributed by atoms with Crippen molar-refractivity contribution in [3.05, 3.63) is 59.7 Å². The van der Waals surface area contributed by atoms with Crippen molar-refractivity contribution in [1.82, 2.24) is 4.31 Å². The van der Waals surface area contributed by atoms with E-state index in [0.29, 0.717) is 41.7 Å². The first kappa shape index (κ1) is 22.2. The third-order valence-corrected chi connectivity index (χ3v) is 7.18. The van der Waals surface area contributed by atoms with E-state index in [0.717, 1.165) is 6.42 Å². The SMILES string of the molecule is CC(=O)c1cccc(NCC(=O)c2cccc(S(=O)(=O)N3CC(C)CC(C)C3)c2)c1. The van der Waals surface area contributed by atoms with Crippen molar-refractivity contribution in [3.63, 3.8) is 0 Å². The van der Waals surface area contributed by atoms with Crippen LogP contribution in [0.5, 0.6) is 0 Å². The van der Waals surface area contributed by atoms with Crippen LogP contribution in [0.15, 0.2) is 53.4 Å². The van der Waals surface area contributed by atoms with E-state index in [-0.39, 0.29) is 23.0 Å². The first-order valence-electron chi connectivity index (χ1n) is 10.1. The molecule has 0 bridgehead atoms. The van der Waals surface area contributed by atoms with Gasteiger partial charge in [-0.05, 0) is 49.4 Å². The highest BCUT2D eigenvalue weighted by Crippen LogP contribution is 2.27. The smallest absolute Gasteiger partial charge is 0.243 e. The molecular weight excluding hydrogens is 400 g/mol. The molecular formula is C23H28N2O4S. The molecule has 30 heavy (non-hydrogen) atoms. The van der Waals surface area contributed by atoms with Gasteiger partial charge >= 0.3 is 0 Å². The van der Waals surface area contributed by atoms with Crippen LogP contribution in [-0.2, 0) is 10.0 Å². The van der Waals surface area contributed by atoms with Crippen molar-refractivity contribution in [2.24, 2.45) is 11.8 Å². The van der Waals surface area contributed by atoms with Crippen LogP contribution in [0.1, 0.15) is 47.9 Å². The lowest BCUT2D eigenvalue weighted by molar-refractivity contribution is 0.100. The maximum Gasteiger partial charge on any atom is 0.243 e. The molecule has 2 unspecified atom stereocenters. The highest BCUT2D eigenvalue weighted by molar-refractivity contribution is 7.89. The molecule has 1 heterocycles. The molecule has 2 aromatic rings. The van der Waals surface area contributed by atoms with Crippen molar-refractivity contribution < 1.29 is 18.0 Å². The van der Waals surface area contributed by atoms with E-state index in [1.807, 2.05) is 0 Å². The monoisotopic (exact) mass is 428 g/mol. The molecule has 2 aromatic carbocycles. The van der Waals surface area contributed by atoms with E-state index < -0.39 is 10.0 Å². The largest absolute Gasteiger partial charge is 0.378 e. The fourth-order valence-corrected chi connectivity index (χ4v) is 5.64. The molecule has 0 radical (unpaired) electrons. The number of rotatable bonds is 7. The van der Waals surface area contributed by atoms with E-state index in [1.165, 1.54) is 17.3 Å². The molecule has 0 saturated carbocycles. The highest BCUT2D eigenvalue weighted by atomic mass is 32.2. The first-order chi connectivity index (χ1) is 14.2. The number of sulfonamides is 1. The minimum atomic E-state index is -3.64. The predicted octanol–water partition coefficient (Wildman–Crippen LogP) is 3.85. The Labute approximate surface area is 178 Å². The Balaban J connectivity index is 1.74. The Bertz CT molecular complexity index is 1040. The van der Waals surface area contributed by atoms with Gasteiger partial charge in [-0.25, -0.2) is 8.42 Å². The van der Waals surface area contributed by atoms with Gasteiger partial charge < -0.3 is 5.32 Å². The number of nitrogens with one attached hydrogen (secondary N) is 1. The maximum atomic E-state index is 13.1. The van der Waals surface area contributed by atoms with Gasteiger partial charge in [-0.3, -0.25) is 9.59 Å². The summed E-state index contributed by atoms with van der Waals surface area (Å²) >= 11 is 0. The number of anilines is 1. The average Bonchev–Trinajstić information content (AvgIpc) is 2.71. The molecule has 1 aliphatic heterocycles. The third kappa shape index (κ3) is 5.15. The maximum absolute atomic E-state index is 13.1. The van der Waals surface area contributed by atoms with Crippen molar-refractivity contribution in [3.8, 4) is 0 Å². The first-order valence-corrected chi connectivity index (χ1v) is 11.6. The van der Waals surface area contributed by atoms with Crippen LogP contribution in [0.4, 0.5) is 5.69 Å². The topological polar surface area (TPSA) is 83.5 Å². The number of piperidine rings is 1. The fourth-order valence-electron chi connectivity index (χ4n) is 3.91. The molecule has 1 aliphatic rings. The van der Waals surface area contributed by atoms with Crippen molar-refractivity contribution in [1.29, 1.82) is 0 Å². The number of hydrogen-bond acceptors (Lipinski definition) is 5. The van der Waals surface area contributed by atoms with Gasteiger partial charge in [0, 0.05) is 29.9 Å². The van der Waals surface area contributed by atoms with Crippen molar-refractivity contribution in [2.75, 3.05) is 25.0 Å². The predicted molar refractivity (Wildman–Crippen MR) is 117 cm³/mol. The molecule has 2 atom stereocenters. The molecule has 3 rings (SSSR count). The zero-order chi connectivity index (χ0) is 21.9. The van der Waals surface area contributed by atoms with E-state index >= 15 is 0 Å². The number of hydrogen-bond donors (Lipinski definition) is 1. The van der Waals surface area contributed by atoms with E-state index in [1.54, 1.807) is 42.5 Å². The molecule has 0 aromatic heterocycles. The van der Waals surface area contributed by atoms with Gasteiger partial charge in [-0.15, -0.1) is 0 Å². The zero-order valence-electron chi connectivity index (χ0n) is 17.6. The van der Waals surface area contributed by atoms with Crippen LogP contribution in [0.3, 0.4) is 0 Å². The van der Waals surface area contributed by atoms with Gasteiger partial charge in [-0.1, -0.05) is 38.1 Å². The number of carbonyl (C=O) groups is 2. The average molecular weight is 429 g/mol. The van der Waals surface area contributed by atoms with E-state index in [2.05, 4.69) is 19.2 Å².